The molecule has 1 aromatic rings. The van der Waals surface area contributed by atoms with Crippen molar-refractivity contribution in [1.29, 1.82) is 0 Å². The van der Waals surface area contributed by atoms with Gasteiger partial charge in [-0.25, -0.2) is 4.79 Å². The Morgan fingerprint density at radius 3 is 2.75 bits per heavy atom. The van der Waals surface area contributed by atoms with Gasteiger partial charge in [-0.2, -0.15) is 0 Å². The lowest BCUT2D eigenvalue weighted by molar-refractivity contribution is -0.139. The molecule has 0 aromatic heterocycles. The van der Waals surface area contributed by atoms with E-state index in [9.17, 15) is 4.79 Å². The average molecular weight is 218 g/mol. The second kappa shape index (κ2) is 4.94. The van der Waals surface area contributed by atoms with E-state index in [1.54, 1.807) is 0 Å². The summed E-state index contributed by atoms with van der Waals surface area (Å²) < 4.78 is 9.99. The Balaban J connectivity index is 1.80. The predicted octanol–water partition coefficient (Wildman–Crippen LogP) is 1.73. The third-order valence-corrected chi connectivity index (χ3v) is 2.35. The molecule has 0 aliphatic carbocycles. The van der Waals surface area contributed by atoms with E-state index in [0.717, 1.165) is 5.56 Å². The number of benzene rings is 1. The lowest BCUT2D eigenvalue weighted by atomic mass is 10.1. The van der Waals surface area contributed by atoms with Crippen LogP contribution in [0.1, 0.15) is 5.56 Å². The molecule has 1 unspecified atom stereocenters. The molecule has 3 nitrogen and oxygen atoms in total. The molecule has 1 heterocycles. The molecule has 16 heavy (non-hydrogen) atoms. The Morgan fingerprint density at radius 2 is 2.12 bits per heavy atom. The van der Waals surface area contributed by atoms with E-state index in [2.05, 4.69) is 6.58 Å². The van der Waals surface area contributed by atoms with E-state index in [1.165, 1.54) is 0 Å². The van der Waals surface area contributed by atoms with Gasteiger partial charge in [0.05, 0.1) is 6.61 Å². The van der Waals surface area contributed by atoms with E-state index in [1.807, 2.05) is 30.3 Å². The maximum Gasteiger partial charge on any atom is 0.333 e. The van der Waals surface area contributed by atoms with Crippen molar-refractivity contribution in [2.45, 2.75) is 12.5 Å². The monoisotopic (exact) mass is 218 g/mol. The molecule has 0 radical (unpaired) electrons. The van der Waals surface area contributed by atoms with E-state index in [-0.39, 0.29) is 12.1 Å². The minimum atomic E-state index is -0.334. The molecule has 0 amide bonds. The minimum absolute atomic E-state index is 0.105. The van der Waals surface area contributed by atoms with Gasteiger partial charge in [0.2, 0.25) is 0 Å². The van der Waals surface area contributed by atoms with Crippen molar-refractivity contribution in [3.05, 3.63) is 48.0 Å². The molecular weight excluding hydrogens is 204 g/mol. The van der Waals surface area contributed by atoms with Crippen molar-refractivity contribution in [1.82, 2.24) is 0 Å². The third kappa shape index (κ3) is 3.21. The van der Waals surface area contributed by atoms with Crippen molar-refractivity contribution in [3.63, 3.8) is 0 Å². The van der Waals surface area contributed by atoms with E-state index in [0.29, 0.717) is 25.2 Å². The standard InChI is InChI=1S/C13H14O3/c1-10(7-11-5-3-2-4-6-11)13(14)16-9-12-8-15-12/h2-6,12H,1,7-9H2. The summed E-state index contributed by atoms with van der Waals surface area (Å²) in [5.74, 6) is -0.334. The summed E-state index contributed by atoms with van der Waals surface area (Å²) in [6.07, 6.45) is 0.638. The maximum atomic E-state index is 11.5. The molecule has 1 aliphatic rings. The fraction of sp³-hybridized carbons (Fsp3) is 0.308. The highest BCUT2D eigenvalue weighted by atomic mass is 16.6. The highest BCUT2D eigenvalue weighted by Gasteiger charge is 2.24. The number of ether oxygens (including phenoxy) is 2. The number of hydrogen-bond donors (Lipinski definition) is 0. The van der Waals surface area contributed by atoms with Crippen LogP contribution in [-0.2, 0) is 20.7 Å². The highest BCUT2D eigenvalue weighted by molar-refractivity contribution is 5.88. The molecule has 1 aromatic carbocycles. The van der Waals surface area contributed by atoms with Gasteiger partial charge < -0.3 is 9.47 Å². The number of rotatable bonds is 5. The second-order valence-electron chi connectivity index (χ2n) is 3.82. The molecule has 0 spiro atoms. The number of epoxide rings is 1. The first-order valence-electron chi connectivity index (χ1n) is 5.26. The maximum absolute atomic E-state index is 11.5. The molecule has 3 heteroatoms. The Kier molecular flexibility index (Phi) is 3.37. The van der Waals surface area contributed by atoms with Crippen molar-refractivity contribution >= 4 is 5.97 Å². The van der Waals surface area contributed by atoms with Crippen LogP contribution in [0.3, 0.4) is 0 Å². The number of carbonyl (C=O) groups is 1. The summed E-state index contributed by atoms with van der Waals surface area (Å²) in [5.41, 5.74) is 1.54. The molecule has 0 saturated carbocycles. The zero-order valence-electron chi connectivity index (χ0n) is 9.02. The van der Waals surface area contributed by atoms with Gasteiger partial charge in [-0.1, -0.05) is 36.9 Å². The van der Waals surface area contributed by atoms with Crippen molar-refractivity contribution in [3.8, 4) is 0 Å². The van der Waals surface area contributed by atoms with Gasteiger partial charge in [-0.3, -0.25) is 0 Å². The first kappa shape index (κ1) is 10.9. The van der Waals surface area contributed by atoms with Crippen molar-refractivity contribution < 1.29 is 14.3 Å². The Bertz CT molecular complexity index is 379. The van der Waals surface area contributed by atoms with Gasteiger partial charge in [0.15, 0.2) is 0 Å². The van der Waals surface area contributed by atoms with Crippen molar-refractivity contribution in [2.24, 2.45) is 0 Å². The van der Waals surface area contributed by atoms with Crippen LogP contribution >= 0.6 is 0 Å². The highest BCUT2D eigenvalue weighted by Crippen LogP contribution is 2.11. The van der Waals surface area contributed by atoms with E-state index >= 15 is 0 Å². The summed E-state index contributed by atoms with van der Waals surface area (Å²) in [6.45, 7) is 4.77. The molecule has 1 aliphatic heterocycles. The van der Waals surface area contributed by atoms with Crippen LogP contribution in [-0.4, -0.2) is 25.3 Å². The summed E-state index contributed by atoms with van der Waals surface area (Å²) in [4.78, 5) is 11.5. The molecule has 84 valence electrons. The Hall–Kier alpha value is -1.61. The van der Waals surface area contributed by atoms with Crippen LogP contribution in [0.5, 0.6) is 0 Å². The van der Waals surface area contributed by atoms with Gasteiger partial charge in [0, 0.05) is 12.0 Å². The van der Waals surface area contributed by atoms with Gasteiger partial charge in [-0.05, 0) is 5.56 Å². The summed E-state index contributed by atoms with van der Waals surface area (Å²) >= 11 is 0. The van der Waals surface area contributed by atoms with E-state index in [4.69, 9.17) is 9.47 Å². The van der Waals surface area contributed by atoms with Gasteiger partial charge in [0.25, 0.3) is 0 Å². The molecule has 1 atom stereocenters. The molecule has 0 bridgehead atoms. The Morgan fingerprint density at radius 1 is 1.44 bits per heavy atom. The average Bonchev–Trinajstić information content (AvgIpc) is 3.11. The minimum Gasteiger partial charge on any atom is -0.459 e. The largest absolute Gasteiger partial charge is 0.459 e. The lowest BCUT2D eigenvalue weighted by Gasteiger charge is -2.05. The van der Waals surface area contributed by atoms with Gasteiger partial charge in [0.1, 0.15) is 12.7 Å². The topological polar surface area (TPSA) is 38.8 Å². The first-order valence-corrected chi connectivity index (χ1v) is 5.26. The molecule has 2 rings (SSSR count). The SMILES string of the molecule is C=C(Cc1ccccc1)C(=O)OCC1CO1. The predicted molar refractivity (Wildman–Crippen MR) is 60.0 cm³/mol. The summed E-state index contributed by atoms with van der Waals surface area (Å²) in [5, 5.41) is 0. The normalized spacial score (nSPS) is 17.9. The summed E-state index contributed by atoms with van der Waals surface area (Å²) in [6, 6.07) is 9.73. The fourth-order valence-corrected chi connectivity index (χ4v) is 1.35. The zero-order valence-corrected chi connectivity index (χ0v) is 9.02. The zero-order chi connectivity index (χ0) is 11.4. The molecule has 1 saturated heterocycles. The van der Waals surface area contributed by atoms with Crippen LogP contribution < -0.4 is 0 Å². The number of hydrogen-bond acceptors (Lipinski definition) is 3. The Labute approximate surface area is 94.7 Å². The molecule has 0 N–H and O–H groups in total. The van der Waals surface area contributed by atoms with Crippen LogP contribution in [0, 0.1) is 0 Å². The van der Waals surface area contributed by atoms with Crippen LogP contribution in [0.15, 0.2) is 42.5 Å². The molecule has 1 fully saturated rings. The quantitative estimate of drug-likeness (QED) is 0.429. The fourth-order valence-electron chi connectivity index (χ4n) is 1.35. The van der Waals surface area contributed by atoms with E-state index < -0.39 is 0 Å². The number of carbonyl (C=O) groups excluding carboxylic acids is 1. The van der Waals surface area contributed by atoms with Crippen LogP contribution in [0.4, 0.5) is 0 Å². The van der Waals surface area contributed by atoms with Gasteiger partial charge in [-0.15, -0.1) is 0 Å². The lowest BCUT2D eigenvalue weighted by Crippen LogP contribution is -2.12. The van der Waals surface area contributed by atoms with Crippen LogP contribution in [0.2, 0.25) is 0 Å². The first-order chi connectivity index (χ1) is 7.75. The van der Waals surface area contributed by atoms with Crippen LogP contribution in [0.25, 0.3) is 0 Å². The smallest absolute Gasteiger partial charge is 0.333 e. The second-order valence-corrected chi connectivity index (χ2v) is 3.82. The van der Waals surface area contributed by atoms with Gasteiger partial charge >= 0.3 is 5.97 Å². The summed E-state index contributed by atoms with van der Waals surface area (Å²) in [7, 11) is 0. The molecular formula is C13H14O3. The number of esters is 1. The third-order valence-electron chi connectivity index (χ3n) is 2.35. The van der Waals surface area contributed by atoms with Crippen molar-refractivity contribution in [2.75, 3.05) is 13.2 Å².